The first-order chi connectivity index (χ1) is 11.6. The quantitative estimate of drug-likeness (QED) is 0.891. The molecule has 2 amide bonds. The first-order valence-corrected chi connectivity index (χ1v) is 8.88. The number of nitrogens with one attached hydrogen (secondary N) is 2. The normalized spacial score (nSPS) is 15.3. The fraction of sp³-hybridized carbons (Fsp3) is 0.412. The molecule has 0 bridgehead atoms. The van der Waals surface area contributed by atoms with Crippen molar-refractivity contribution in [2.45, 2.75) is 32.4 Å². The molecule has 0 unspecified atom stereocenters. The summed E-state index contributed by atoms with van der Waals surface area (Å²) in [5, 5.41) is 7.05. The maximum Gasteiger partial charge on any atom is 0.317 e. The third-order valence-electron chi connectivity index (χ3n) is 4.08. The number of para-hydroxylation sites is 1. The zero-order valence-electron chi connectivity index (χ0n) is 13.6. The van der Waals surface area contributed by atoms with Crippen LogP contribution in [-0.2, 0) is 6.54 Å². The van der Waals surface area contributed by atoms with E-state index in [1.165, 1.54) is 6.07 Å². The number of aromatic nitrogens is 1. The predicted molar refractivity (Wildman–Crippen MR) is 93.7 cm³/mol. The highest BCUT2D eigenvalue weighted by Gasteiger charge is 2.23. The second kappa shape index (κ2) is 7.61. The fourth-order valence-corrected chi connectivity index (χ4v) is 3.50. The molecule has 0 spiro atoms. The first kappa shape index (κ1) is 16.7. The predicted octanol–water partition coefficient (Wildman–Crippen LogP) is 3.38. The molecular weight excluding hydrogens is 327 g/mol. The van der Waals surface area contributed by atoms with E-state index in [2.05, 4.69) is 15.6 Å². The van der Waals surface area contributed by atoms with E-state index in [4.69, 9.17) is 0 Å². The van der Waals surface area contributed by atoms with Gasteiger partial charge >= 0.3 is 6.03 Å². The smallest absolute Gasteiger partial charge is 0.317 e. The van der Waals surface area contributed by atoms with Gasteiger partial charge in [0.1, 0.15) is 10.8 Å². The molecule has 128 valence electrons. The van der Waals surface area contributed by atoms with Gasteiger partial charge in [-0.15, -0.1) is 11.3 Å². The molecule has 1 aromatic heterocycles. The summed E-state index contributed by atoms with van der Waals surface area (Å²) in [6.07, 6.45) is 3.42. The standard InChI is InChI=1S/C17H21FN4OS/c1-12-10-19-16(24-12)11-20-17(23)22-8-6-13(7-9-22)21-15-5-3-2-4-14(15)18/h2-5,10,13,21H,6-9,11H2,1H3,(H,20,23). The van der Waals surface area contributed by atoms with Crippen LogP contribution < -0.4 is 10.6 Å². The largest absolute Gasteiger partial charge is 0.380 e. The van der Waals surface area contributed by atoms with Crippen LogP contribution in [0.2, 0.25) is 0 Å². The zero-order chi connectivity index (χ0) is 16.9. The number of amides is 2. The summed E-state index contributed by atoms with van der Waals surface area (Å²) in [4.78, 5) is 19.4. The van der Waals surface area contributed by atoms with Crippen LogP contribution in [0.5, 0.6) is 0 Å². The molecule has 2 aromatic rings. The Morgan fingerprint density at radius 2 is 2.12 bits per heavy atom. The van der Waals surface area contributed by atoms with E-state index >= 15 is 0 Å². The molecule has 5 nitrogen and oxygen atoms in total. The highest BCUT2D eigenvalue weighted by atomic mass is 32.1. The molecule has 24 heavy (non-hydrogen) atoms. The molecule has 7 heteroatoms. The SMILES string of the molecule is Cc1cnc(CNC(=O)N2CCC(Nc3ccccc3F)CC2)s1. The second-order valence-electron chi connectivity index (χ2n) is 5.91. The van der Waals surface area contributed by atoms with Crippen molar-refractivity contribution in [3.05, 3.63) is 46.2 Å². The third kappa shape index (κ3) is 4.23. The minimum absolute atomic E-state index is 0.0628. The lowest BCUT2D eigenvalue weighted by Crippen LogP contribution is -2.46. The van der Waals surface area contributed by atoms with Crippen LogP contribution in [0.1, 0.15) is 22.7 Å². The number of carbonyl (C=O) groups is 1. The first-order valence-electron chi connectivity index (χ1n) is 8.07. The molecular formula is C17H21FN4OS. The van der Waals surface area contributed by atoms with Crippen LogP contribution in [0.15, 0.2) is 30.5 Å². The van der Waals surface area contributed by atoms with Crippen molar-refractivity contribution >= 4 is 23.1 Å². The number of nitrogens with zero attached hydrogens (tertiary/aromatic N) is 2. The number of carbonyl (C=O) groups excluding carboxylic acids is 1. The number of rotatable bonds is 4. The van der Waals surface area contributed by atoms with E-state index in [0.29, 0.717) is 25.3 Å². The zero-order valence-corrected chi connectivity index (χ0v) is 14.4. The number of hydrogen-bond donors (Lipinski definition) is 2. The molecule has 1 aliphatic heterocycles. The van der Waals surface area contributed by atoms with Gasteiger partial charge in [0.15, 0.2) is 0 Å². The van der Waals surface area contributed by atoms with Gasteiger partial charge in [-0.2, -0.15) is 0 Å². The number of urea groups is 1. The molecule has 0 saturated carbocycles. The van der Waals surface area contributed by atoms with Crippen molar-refractivity contribution in [1.82, 2.24) is 15.2 Å². The number of halogens is 1. The average Bonchev–Trinajstić information content (AvgIpc) is 3.01. The van der Waals surface area contributed by atoms with Gasteiger partial charge in [-0.05, 0) is 31.9 Å². The van der Waals surface area contributed by atoms with Crippen LogP contribution in [-0.4, -0.2) is 35.0 Å². The lowest BCUT2D eigenvalue weighted by Gasteiger charge is -2.32. The Morgan fingerprint density at radius 3 is 2.79 bits per heavy atom. The minimum Gasteiger partial charge on any atom is -0.380 e. The van der Waals surface area contributed by atoms with E-state index in [0.717, 1.165) is 22.7 Å². The lowest BCUT2D eigenvalue weighted by molar-refractivity contribution is 0.183. The monoisotopic (exact) mass is 348 g/mol. The van der Waals surface area contributed by atoms with Crippen molar-refractivity contribution in [3.63, 3.8) is 0 Å². The summed E-state index contributed by atoms with van der Waals surface area (Å²) in [6, 6.07) is 6.81. The Bertz CT molecular complexity index is 697. The molecule has 2 N–H and O–H groups in total. The molecule has 1 aliphatic rings. The van der Waals surface area contributed by atoms with E-state index < -0.39 is 0 Å². The molecule has 0 aliphatic carbocycles. The van der Waals surface area contributed by atoms with Gasteiger partial charge in [-0.1, -0.05) is 12.1 Å². The Balaban J connectivity index is 1.44. The molecule has 1 aromatic carbocycles. The van der Waals surface area contributed by atoms with Gasteiger partial charge < -0.3 is 15.5 Å². The van der Waals surface area contributed by atoms with Crippen LogP contribution >= 0.6 is 11.3 Å². The molecule has 3 rings (SSSR count). The van der Waals surface area contributed by atoms with Crippen molar-refractivity contribution in [1.29, 1.82) is 0 Å². The topological polar surface area (TPSA) is 57.3 Å². The molecule has 0 radical (unpaired) electrons. The Morgan fingerprint density at radius 1 is 1.38 bits per heavy atom. The summed E-state index contributed by atoms with van der Waals surface area (Å²) < 4.78 is 13.7. The van der Waals surface area contributed by atoms with Crippen molar-refractivity contribution in [3.8, 4) is 0 Å². The molecule has 0 atom stereocenters. The molecule has 1 saturated heterocycles. The van der Waals surface area contributed by atoms with Gasteiger partial charge in [0.2, 0.25) is 0 Å². The Labute approximate surface area is 144 Å². The number of thiazole rings is 1. The van der Waals surface area contributed by atoms with E-state index in [1.807, 2.05) is 19.2 Å². The van der Waals surface area contributed by atoms with E-state index in [-0.39, 0.29) is 17.9 Å². The lowest BCUT2D eigenvalue weighted by atomic mass is 10.0. The maximum absolute atomic E-state index is 13.7. The van der Waals surface area contributed by atoms with Gasteiger partial charge in [0, 0.05) is 30.2 Å². The van der Waals surface area contributed by atoms with Crippen molar-refractivity contribution < 1.29 is 9.18 Å². The number of hydrogen-bond acceptors (Lipinski definition) is 4. The number of likely N-dealkylation sites (tertiary alicyclic amines) is 1. The highest BCUT2D eigenvalue weighted by molar-refractivity contribution is 7.11. The van der Waals surface area contributed by atoms with E-state index in [1.54, 1.807) is 28.4 Å². The van der Waals surface area contributed by atoms with Crippen LogP contribution in [0.4, 0.5) is 14.9 Å². The molecule has 2 heterocycles. The number of aryl methyl sites for hydroxylation is 1. The summed E-state index contributed by atoms with van der Waals surface area (Å²) in [7, 11) is 0. The van der Waals surface area contributed by atoms with Gasteiger partial charge in [-0.25, -0.2) is 14.2 Å². The number of benzene rings is 1. The summed E-state index contributed by atoms with van der Waals surface area (Å²) in [5.41, 5.74) is 0.527. The second-order valence-corrected chi connectivity index (χ2v) is 7.23. The number of piperidine rings is 1. The van der Waals surface area contributed by atoms with Crippen molar-refractivity contribution in [2.24, 2.45) is 0 Å². The van der Waals surface area contributed by atoms with Crippen LogP contribution in [0.25, 0.3) is 0 Å². The average molecular weight is 348 g/mol. The fourth-order valence-electron chi connectivity index (χ4n) is 2.77. The minimum atomic E-state index is -0.239. The Kier molecular flexibility index (Phi) is 5.30. The third-order valence-corrected chi connectivity index (χ3v) is 4.99. The maximum atomic E-state index is 13.7. The Hall–Kier alpha value is -2.15. The summed E-state index contributed by atoms with van der Waals surface area (Å²) in [5.74, 6) is -0.239. The van der Waals surface area contributed by atoms with Crippen LogP contribution in [0, 0.1) is 12.7 Å². The summed E-state index contributed by atoms with van der Waals surface area (Å²) in [6.45, 7) is 3.78. The highest BCUT2D eigenvalue weighted by Crippen LogP contribution is 2.19. The van der Waals surface area contributed by atoms with Gasteiger partial charge in [0.05, 0.1) is 12.2 Å². The molecule has 1 fully saturated rings. The van der Waals surface area contributed by atoms with Crippen molar-refractivity contribution in [2.75, 3.05) is 18.4 Å². The van der Waals surface area contributed by atoms with E-state index in [9.17, 15) is 9.18 Å². The van der Waals surface area contributed by atoms with Gasteiger partial charge in [0.25, 0.3) is 0 Å². The number of anilines is 1. The van der Waals surface area contributed by atoms with Gasteiger partial charge in [-0.3, -0.25) is 0 Å². The summed E-state index contributed by atoms with van der Waals surface area (Å²) >= 11 is 1.59. The van der Waals surface area contributed by atoms with Crippen LogP contribution in [0.3, 0.4) is 0 Å².